The molecule has 1 unspecified atom stereocenters. The smallest absolute Gasteiger partial charge is 0.168 e. The summed E-state index contributed by atoms with van der Waals surface area (Å²) in [4.78, 5) is 0.399. The molecule has 0 saturated heterocycles. The van der Waals surface area contributed by atoms with Crippen LogP contribution in [-0.4, -0.2) is 8.42 Å². The molecule has 0 aliphatic heterocycles. The van der Waals surface area contributed by atoms with Gasteiger partial charge in [0.25, 0.3) is 0 Å². The fourth-order valence-electron chi connectivity index (χ4n) is 2.14. The molecule has 0 aliphatic rings. The number of benzene rings is 1. The molecule has 1 aromatic carbocycles. The van der Waals surface area contributed by atoms with Crippen LogP contribution in [-0.2, 0) is 10.7 Å². The van der Waals surface area contributed by atoms with Crippen LogP contribution in [0.4, 0.5) is 0 Å². The summed E-state index contributed by atoms with van der Waals surface area (Å²) >= 11 is 0. The summed E-state index contributed by atoms with van der Waals surface area (Å²) in [6.45, 7) is 8.88. The number of rotatable bonds is 5. The lowest BCUT2D eigenvalue weighted by Gasteiger charge is -2.23. The highest BCUT2D eigenvalue weighted by Crippen LogP contribution is 2.31. The summed E-state index contributed by atoms with van der Waals surface area (Å²) < 4.78 is 21.7. The van der Waals surface area contributed by atoms with Gasteiger partial charge in [0.1, 0.15) is 0 Å². The van der Waals surface area contributed by atoms with Crippen molar-refractivity contribution in [2.45, 2.75) is 44.9 Å². The summed E-state index contributed by atoms with van der Waals surface area (Å²) in [5, 5.41) is 0. The molecule has 0 bridgehead atoms. The lowest BCUT2D eigenvalue weighted by atomic mass is 9.82. The van der Waals surface area contributed by atoms with Crippen molar-refractivity contribution in [2.75, 3.05) is 0 Å². The van der Waals surface area contributed by atoms with E-state index in [0.717, 1.165) is 6.42 Å². The topological polar surface area (TPSA) is 34.1 Å². The third kappa shape index (κ3) is 4.15. The van der Waals surface area contributed by atoms with Crippen LogP contribution < -0.4 is 0 Å². The second-order valence-electron chi connectivity index (χ2n) is 5.33. The van der Waals surface area contributed by atoms with E-state index in [4.69, 9.17) is 0 Å². The maximum atomic E-state index is 10.8. The van der Waals surface area contributed by atoms with Crippen molar-refractivity contribution in [3.8, 4) is 0 Å². The van der Waals surface area contributed by atoms with Crippen molar-refractivity contribution in [3.05, 3.63) is 29.8 Å². The Morgan fingerprint density at radius 2 is 1.53 bits per heavy atom. The van der Waals surface area contributed by atoms with E-state index in [1.54, 1.807) is 12.1 Å². The van der Waals surface area contributed by atoms with Crippen LogP contribution in [0.25, 0.3) is 0 Å². The molecular weight excluding hydrogens is 232 g/mol. The molecule has 1 atom stereocenters. The average molecular weight is 254 g/mol. The molecule has 17 heavy (non-hydrogen) atoms. The lowest BCUT2D eigenvalue weighted by molar-refractivity contribution is 0.408. The molecule has 0 radical (unpaired) electrons. The van der Waals surface area contributed by atoms with E-state index in [1.165, 1.54) is 5.56 Å². The average Bonchev–Trinajstić information content (AvgIpc) is 2.25. The zero-order chi connectivity index (χ0) is 13.0. The molecule has 1 aromatic rings. The van der Waals surface area contributed by atoms with Crippen LogP contribution in [0.15, 0.2) is 29.2 Å². The van der Waals surface area contributed by atoms with E-state index in [1.807, 2.05) is 12.1 Å². The molecular formula is C14H22O2S. The minimum Gasteiger partial charge on any atom is -0.227 e. The second kappa shape index (κ2) is 6.20. The highest BCUT2D eigenvalue weighted by molar-refractivity contribution is 7.72. The van der Waals surface area contributed by atoms with Gasteiger partial charge in [-0.2, -0.15) is 0 Å². The molecule has 2 nitrogen and oxygen atoms in total. The zero-order valence-electron chi connectivity index (χ0n) is 11.0. The van der Waals surface area contributed by atoms with Crippen molar-refractivity contribution >= 4 is 10.7 Å². The molecule has 0 amide bonds. The van der Waals surface area contributed by atoms with Gasteiger partial charge < -0.3 is 0 Å². The Morgan fingerprint density at radius 1 is 1.00 bits per heavy atom. The number of hydrogen-bond acceptors (Lipinski definition) is 2. The van der Waals surface area contributed by atoms with Gasteiger partial charge in [-0.15, -0.1) is 0 Å². The fraction of sp³-hybridized carbons (Fsp3) is 0.571. The molecule has 0 aliphatic carbocycles. The molecule has 0 fully saturated rings. The number of hydrogen-bond donors (Lipinski definition) is 1. The molecule has 0 aromatic heterocycles. The first kappa shape index (κ1) is 14.2. The maximum absolute atomic E-state index is 10.8. The van der Waals surface area contributed by atoms with Crippen molar-refractivity contribution in [1.29, 1.82) is 0 Å². The van der Waals surface area contributed by atoms with Gasteiger partial charge in [0.2, 0.25) is 0 Å². The van der Waals surface area contributed by atoms with Crippen LogP contribution in [0.5, 0.6) is 0 Å². The molecule has 0 spiro atoms. The van der Waals surface area contributed by atoms with E-state index in [-0.39, 0.29) is 0 Å². The zero-order valence-corrected chi connectivity index (χ0v) is 11.9. The highest BCUT2D eigenvalue weighted by atomic mass is 32.2. The molecule has 3 heteroatoms. The van der Waals surface area contributed by atoms with Crippen molar-refractivity contribution in [1.82, 2.24) is 0 Å². The first-order valence-electron chi connectivity index (χ1n) is 6.16. The van der Waals surface area contributed by atoms with Crippen molar-refractivity contribution in [2.24, 2.45) is 11.8 Å². The van der Waals surface area contributed by atoms with E-state index in [0.29, 0.717) is 22.6 Å². The van der Waals surface area contributed by atoms with Crippen LogP contribution in [0.1, 0.15) is 45.6 Å². The molecule has 96 valence electrons. The lowest BCUT2D eigenvalue weighted by Crippen LogP contribution is -2.09. The van der Waals surface area contributed by atoms with Gasteiger partial charge in [0.05, 0.1) is 4.90 Å². The SMILES string of the molecule is CC(C)CC(c1ccc([SH](=O)=O)cc1)C(C)C. The summed E-state index contributed by atoms with van der Waals surface area (Å²) in [5.41, 5.74) is 1.24. The molecule has 0 heterocycles. The van der Waals surface area contributed by atoms with Gasteiger partial charge in [-0.05, 0) is 41.9 Å². The summed E-state index contributed by atoms with van der Waals surface area (Å²) in [5.74, 6) is 1.73. The normalized spacial score (nSPS) is 13.6. The summed E-state index contributed by atoms with van der Waals surface area (Å²) in [6.07, 6.45) is 1.14. The van der Waals surface area contributed by atoms with E-state index >= 15 is 0 Å². The summed E-state index contributed by atoms with van der Waals surface area (Å²) in [6, 6.07) is 7.31. The Labute approximate surface area is 106 Å². The molecule has 1 rings (SSSR count). The Balaban J connectivity index is 2.95. The number of thiol groups is 1. The highest BCUT2D eigenvalue weighted by Gasteiger charge is 2.17. The third-order valence-corrected chi connectivity index (χ3v) is 3.78. The molecule has 0 N–H and O–H groups in total. The van der Waals surface area contributed by atoms with Crippen molar-refractivity contribution < 1.29 is 8.42 Å². The van der Waals surface area contributed by atoms with Gasteiger partial charge in [-0.3, -0.25) is 0 Å². The minimum atomic E-state index is -2.46. The quantitative estimate of drug-likeness (QED) is 0.817. The van der Waals surface area contributed by atoms with Crippen LogP contribution in [0.2, 0.25) is 0 Å². The Hall–Kier alpha value is -0.830. The van der Waals surface area contributed by atoms with Gasteiger partial charge >= 0.3 is 0 Å². The second-order valence-corrected chi connectivity index (χ2v) is 6.36. The third-order valence-electron chi connectivity index (χ3n) is 3.06. The monoisotopic (exact) mass is 254 g/mol. The predicted octanol–water partition coefficient (Wildman–Crippen LogP) is 3.44. The van der Waals surface area contributed by atoms with Gasteiger partial charge in [0, 0.05) is 0 Å². The standard InChI is InChI=1S/C14H22O2S/c1-10(2)9-14(11(3)4)12-5-7-13(8-6-12)17(15)16/h5-8,10-11,14,17H,9H2,1-4H3. The predicted molar refractivity (Wildman–Crippen MR) is 72.1 cm³/mol. The van der Waals surface area contributed by atoms with E-state index in [2.05, 4.69) is 27.7 Å². The first-order valence-corrected chi connectivity index (χ1v) is 7.34. The van der Waals surface area contributed by atoms with E-state index in [9.17, 15) is 8.42 Å². The van der Waals surface area contributed by atoms with Crippen LogP contribution in [0, 0.1) is 11.8 Å². The van der Waals surface area contributed by atoms with Crippen molar-refractivity contribution in [3.63, 3.8) is 0 Å². The Morgan fingerprint density at radius 3 is 1.88 bits per heavy atom. The Kier molecular flexibility index (Phi) is 5.19. The summed E-state index contributed by atoms with van der Waals surface area (Å²) in [7, 11) is -2.46. The fourth-order valence-corrected chi connectivity index (χ4v) is 2.54. The maximum Gasteiger partial charge on any atom is 0.168 e. The van der Waals surface area contributed by atoms with Gasteiger partial charge in [0.15, 0.2) is 10.7 Å². The minimum absolute atomic E-state index is 0.399. The van der Waals surface area contributed by atoms with Crippen LogP contribution >= 0.6 is 0 Å². The van der Waals surface area contributed by atoms with Crippen LogP contribution in [0.3, 0.4) is 0 Å². The Bertz CT molecular complexity index is 408. The van der Waals surface area contributed by atoms with Gasteiger partial charge in [-0.25, -0.2) is 8.42 Å². The van der Waals surface area contributed by atoms with Gasteiger partial charge in [-0.1, -0.05) is 39.8 Å². The largest absolute Gasteiger partial charge is 0.227 e. The molecule has 0 saturated carbocycles. The first-order chi connectivity index (χ1) is 7.91. The van der Waals surface area contributed by atoms with E-state index < -0.39 is 10.7 Å².